The predicted octanol–water partition coefficient (Wildman–Crippen LogP) is 4.85. The van der Waals surface area contributed by atoms with Crippen molar-refractivity contribution in [1.82, 2.24) is 0 Å². The van der Waals surface area contributed by atoms with Crippen molar-refractivity contribution in [1.29, 1.82) is 0 Å². The summed E-state index contributed by atoms with van der Waals surface area (Å²) in [4.78, 5) is 0. The zero-order chi connectivity index (χ0) is 12.1. The third-order valence-corrected chi connectivity index (χ3v) is 3.51. The molecule has 0 amide bonds. The molecule has 3 heteroatoms. The number of hydrogen-bond donors (Lipinski definition) is 1. The highest BCUT2D eigenvalue weighted by atomic mass is 35.5. The Bertz CT molecular complexity index is 318. The van der Waals surface area contributed by atoms with E-state index in [2.05, 4.69) is 6.92 Å². The average Bonchev–Trinajstić information content (AvgIpc) is 2.25. The van der Waals surface area contributed by atoms with E-state index >= 15 is 0 Å². The molecule has 0 fully saturated rings. The summed E-state index contributed by atoms with van der Waals surface area (Å²) in [5, 5.41) is 11.3. The molecule has 2 unspecified atom stereocenters. The minimum absolute atomic E-state index is 0.178. The maximum Gasteiger partial charge on any atom is 0.0844 e. The SMILES string of the molecule is CCCCC(C)C(O)c1c(Cl)cccc1Cl. The molecule has 0 spiro atoms. The van der Waals surface area contributed by atoms with Gasteiger partial charge in [-0.1, -0.05) is 56.0 Å². The summed E-state index contributed by atoms with van der Waals surface area (Å²) in [6.07, 6.45) is 2.65. The highest BCUT2D eigenvalue weighted by molar-refractivity contribution is 6.36. The van der Waals surface area contributed by atoms with E-state index in [1.807, 2.05) is 6.92 Å². The van der Waals surface area contributed by atoms with E-state index in [-0.39, 0.29) is 5.92 Å². The Hall–Kier alpha value is -0.240. The van der Waals surface area contributed by atoms with E-state index in [9.17, 15) is 5.11 Å². The van der Waals surface area contributed by atoms with Crippen LogP contribution in [0.3, 0.4) is 0 Å². The lowest BCUT2D eigenvalue weighted by Gasteiger charge is -2.21. The van der Waals surface area contributed by atoms with Crippen LogP contribution in [-0.2, 0) is 0 Å². The lowest BCUT2D eigenvalue weighted by molar-refractivity contribution is 0.111. The number of aliphatic hydroxyl groups excluding tert-OH is 1. The van der Waals surface area contributed by atoms with Crippen molar-refractivity contribution < 1.29 is 5.11 Å². The molecule has 90 valence electrons. The van der Waals surface area contributed by atoms with E-state index < -0.39 is 6.10 Å². The molecule has 1 aromatic rings. The molecule has 0 aliphatic heterocycles. The molecule has 0 aliphatic carbocycles. The predicted molar refractivity (Wildman–Crippen MR) is 70.1 cm³/mol. The number of unbranched alkanes of at least 4 members (excludes halogenated alkanes) is 1. The Morgan fingerprint density at radius 2 is 1.81 bits per heavy atom. The van der Waals surface area contributed by atoms with E-state index in [1.54, 1.807) is 18.2 Å². The largest absolute Gasteiger partial charge is 0.388 e. The topological polar surface area (TPSA) is 20.2 Å². The van der Waals surface area contributed by atoms with Gasteiger partial charge in [0, 0.05) is 15.6 Å². The van der Waals surface area contributed by atoms with Crippen LogP contribution in [-0.4, -0.2) is 5.11 Å². The first-order valence-corrected chi connectivity index (χ1v) is 6.45. The highest BCUT2D eigenvalue weighted by Gasteiger charge is 2.20. The van der Waals surface area contributed by atoms with Gasteiger partial charge in [0.1, 0.15) is 0 Å². The molecule has 0 aliphatic rings. The van der Waals surface area contributed by atoms with Gasteiger partial charge in [0.15, 0.2) is 0 Å². The number of halogens is 2. The Morgan fingerprint density at radius 3 is 2.31 bits per heavy atom. The third kappa shape index (κ3) is 3.38. The first-order chi connectivity index (χ1) is 7.57. The summed E-state index contributed by atoms with van der Waals surface area (Å²) in [5.74, 6) is 0.178. The van der Waals surface area contributed by atoms with E-state index in [0.29, 0.717) is 15.6 Å². The summed E-state index contributed by atoms with van der Waals surface area (Å²) in [6, 6.07) is 5.31. The molecule has 0 aromatic heterocycles. The monoisotopic (exact) mass is 260 g/mol. The fraction of sp³-hybridized carbons (Fsp3) is 0.538. The average molecular weight is 261 g/mol. The number of aliphatic hydroxyl groups is 1. The van der Waals surface area contributed by atoms with E-state index in [4.69, 9.17) is 23.2 Å². The first-order valence-electron chi connectivity index (χ1n) is 5.69. The molecule has 1 nitrogen and oxygen atoms in total. The summed E-state index contributed by atoms with van der Waals surface area (Å²) < 4.78 is 0. The molecule has 1 aromatic carbocycles. The van der Waals surface area contributed by atoms with Crippen molar-refractivity contribution in [2.24, 2.45) is 5.92 Å². The van der Waals surface area contributed by atoms with Crippen LogP contribution in [0.4, 0.5) is 0 Å². The van der Waals surface area contributed by atoms with Crippen LogP contribution in [0.25, 0.3) is 0 Å². The van der Waals surface area contributed by atoms with Gasteiger partial charge in [-0.05, 0) is 24.5 Å². The minimum Gasteiger partial charge on any atom is -0.388 e. The molecule has 2 atom stereocenters. The van der Waals surface area contributed by atoms with Gasteiger partial charge in [-0.15, -0.1) is 0 Å². The summed E-state index contributed by atoms with van der Waals surface area (Å²) in [5.41, 5.74) is 0.662. The van der Waals surface area contributed by atoms with Crippen molar-refractivity contribution in [2.75, 3.05) is 0 Å². The Labute approximate surface area is 107 Å². The molecule has 0 saturated heterocycles. The molecule has 0 heterocycles. The van der Waals surface area contributed by atoms with E-state index in [0.717, 1.165) is 19.3 Å². The number of benzene rings is 1. The molecule has 16 heavy (non-hydrogen) atoms. The molecular formula is C13H18Cl2O. The van der Waals surface area contributed by atoms with Gasteiger partial charge in [0.25, 0.3) is 0 Å². The second-order valence-corrected chi connectivity index (χ2v) is 5.01. The van der Waals surface area contributed by atoms with Crippen LogP contribution < -0.4 is 0 Å². The second-order valence-electron chi connectivity index (χ2n) is 4.20. The number of hydrogen-bond acceptors (Lipinski definition) is 1. The molecule has 1 rings (SSSR count). The molecular weight excluding hydrogens is 243 g/mol. The zero-order valence-electron chi connectivity index (χ0n) is 9.71. The number of rotatable bonds is 5. The Morgan fingerprint density at radius 1 is 1.25 bits per heavy atom. The fourth-order valence-electron chi connectivity index (χ4n) is 1.76. The standard InChI is InChI=1S/C13H18Cl2O/c1-3-4-6-9(2)13(16)12-10(14)7-5-8-11(12)15/h5,7-9,13,16H,3-4,6H2,1-2H3. The Balaban J connectivity index is 2.82. The van der Waals surface area contributed by atoms with Gasteiger partial charge < -0.3 is 5.11 Å². The summed E-state index contributed by atoms with van der Waals surface area (Å²) in [6.45, 7) is 4.17. The van der Waals surface area contributed by atoms with Crippen LogP contribution in [0, 0.1) is 5.92 Å². The van der Waals surface area contributed by atoms with Crippen LogP contribution in [0.5, 0.6) is 0 Å². The summed E-state index contributed by atoms with van der Waals surface area (Å²) in [7, 11) is 0. The maximum atomic E-state index is 10.2. The van der Waals surface area contributed by atoms with Crippen molar-refractivity contribution >= 4 is 23.2 Å². The lowest BCUT2D eigenvalue weighted by Crippen LogP contribution is -2.10. The fourth-order valence-corrected chi connectivity index (χ4v) is 2.38. The minimum atomic E-state index is -0.576. The van der Waals surface area contributed by atoms with Crippen LogP contribution >= 0.6 is 23.2 Å². The van der Waals surface area contributed by atoms with Gasteiger partial charge in [0.05, 0.1) is 6.10 Å². The zero-order valence-corrected chi connectivity index (χ0v) is 11.2. The van der Waals surface area contributed by atoms with E-state index in [1.165, 1.54) is 0 Å². The van der Waals surface area contributed by atoms with Gasteiger partial charge in [0.2, 0.25) is 0 Å². The quantitative estimate of drug-likeness (QED) is 0.803. The van der Waals surface area contributed by atoms with Crippen LogP contribution in [0.15, 0.2) is 18.2 Å². The van der Waals surface area contributed by atoms with Gasteiger partial charge in [-0.25, -0.2) is 0 Å². The molecule has 0 bridgehead atoms. The normalized spacial score (nSPS) is 14.8. The van der Waals surface area contributed by atoms with Crippen molar-refractivity contribution in [2.45, 2.75) is 39.2 Å². The highest BCUT2D eigenvalue weighted by Crippen LogP contribution is 2.35. The Kier molecular flexibility index (Phi) is 5.60. The maximum absolute atomic E-state index is 10.2. The first kappa shape index (κ1) is 13.8. The van der Waals surface area contributed by atoms with Crippen LogP contribution in [0.1, 0.15) is 44.8 Å². The lowest BCUT2D eigenvalue weighted by atomic mass is 9.93. The molecule has 0 saturated carbocycles. The molecule has 1 N–H and O–H groups in total. The second kappa shape index (κ2) is 6.48. The van der Waals surface area contributed by atoms with Gasteiger partial charge >= 0.3 is 0 Å². The molecule has 0 radical (unpaired) electrons. The van der Waals surface area contributed by atoms with Crippen molar-refractivity contribution in [3.05, 3.63) is 33.8 Å². The van der Waals surface area contributed by atoms with Gasteiger partial charge in [-0.2, -0.15) is 0 Å². The van der Waals surface area contributed by atoms with Gasteiger partial charge in [-0.3, -0.25) is 0 Å². The van der Waals surface area contributed by atoms with Crippen molar-refractivity contribution in [3.63, 3.8) is 0 Å². The van der Waals surface area contributed by atoms with Crippen LogP contribution in [0.2, 0.25) is 10.0 Å². The van der Waals surface area contributed by atoms with Crippen molar-refractivity contribution in [3.8, 4) is 0 Å². The summed E-state index contributed by atoms with van der Waals surface area (Å²) >= 11 is 12.1. The smallest absolute Gasteiger partial charge is 0.0844 e. The third-order valence-electron chi connectivity index (χ3n) is 2.85.